The van der Waals surface area contributed by atoms with E-state index in [0.717, 1.165) is 29.4 Å². The molecule has 4 fully saturated rings. The Bertz CT molecular complexity index is 501. The first-order chi connectivity index (χ1) is 9.54. The van der Waals surface area contributed by atoms with E-state index in [-0.39, 0.29) is 6.04 Å². The second-order valence-electron chi connectivity index (χ2n) is 7.74. The largest absolute Gasteiger partial charge is 0.324 e. The van der Waals surface area contributed by atoms with Crippen molar-refractivity contribution in [3.05, 3.63) is 17.0 Å². The first kappa shape index (κ1) is 12.9. The second kappa shape index (κ2) is 4.33. The van der Waals surface area contributed by atoms with Crippen LogP contribution in [0.5, 0.6) is 0 Å². The van der Waals surface area contributed by atoms with Crippen molar-refractivity contribution in [3.8, 4) is 0 Å². The lowest BCUT2D eigenvalue weighted by Gasteiger charge is -2.54. The Morgan fingerprint density at radius 3 is 2.05 bits per heavy atom. The highest BCUT2D eigenvalue weighted by Crippen LogP contribution is 2.58. The lowest BCUT2D eigenvalue weighted by molar-refractivity contribution is -0.0344. The molecule has 5 rings (SSSR count). The van der Waals surface area contributed by atoms with Gasteiger partial charge in [-0.05, 0) is 76.5 Å². The van der Waals surface area contributed by atoms with Gasteiger partial charge in [0.05, 0.1) is 11.7 Å². The van der Waals surface area contributed by atoms with Crippen LogP contribution in [0.4, 0.5) is 0 Å². The molecule has 4 aliphatic carbocycles. The van der Waals surface area contributed by atoms with Crippen molar-refractivity contribution in [1.82, 2.24) is 9.78 Å². The van der Waals surface area contributed by atoms with E-state index in [4.69, 9.17) is 10.8 Å². The molecule has 20 heavy (non-hydrogen) atoms. The van der Waals surface area contributed by atoms with E-state index in [1.165, 1.54) is 43.4 Å². The highest BCUT2D eigenvalue weighted by atomic mass is 15.3. The molecule has 1 aromatic rings. The number of nitrogens with two attached hydrogens (primary N) is 1. The van der Waals surface area contributed by atoms with Crippen LogP contribution in [0.2, 0.25) is 0 Å². The Hall–Kier alpha value is -0.830. The summed E-state index contributed by atoms with van der Waals surface area (Å²) in [5.41, 5.74) is 9.90. The molecule has 0 aliphatic heterocycles. The molecule has 2 N–H and O–H groups in total. The van der Waals surface area contributed by atoms with Gasteiger partial charge in [-0.15, -0.1) is 0 Å². The van der Waals surface area contributed by atoms with Gasteiger partial charge >= 0.3 is 0 Å². The quantitative estimate of drug-likeness (QED) is 0.896. The monoisotopic (exact) mass is 273 g/mol. The summed E-state index contributed by atoms with van der Waals surface area (Å²) in [6, 6.07) is 0.759. The molecule has 0 saturated heterocycles. The Morgan fingerprint density at radius 2 is 1.60 bits per heavy atom. The second-order valence-corrected chi connectivity index (χ2v) is 7.74. The maximum atomic E-state index is 6.15. The predicted molar refractivity (Wildman–Crippen MR) is 80.4 cm³/mol. The van der Waals surface area contributed by atoms with Gasteiger partial charge in [0.1, 0.15) is 0 Å². The van der Waals surface area contributed by atoms with E-state index in [1.54, 1.807) is 0 Å². The topological polar surface area (TPSA) is 43.8 Å². The number of aromatic nitrogens is 2. The Balaban J connectivity index is 1.73. The van der Waals surface area contributed by atoms with E-state index in [0.29, 0.717) is 6.04 Å². The van der Waals surface area contributed by atoms with Gasteiger partial charge in [0.15, 0.2) is 0 Å². The molecule has 3 nitrogen and oxygen atoms in total. The van der Waals surface area contributed by atoms with E-state index < -0.39 is 0 Å². The lowest BCUT2D eigenvalue weighted by Crippen LogP contribution is -2.46. The summed E-state index contributed by atoms with van der Waals surface area (Å²) >= 11 is 0. The Morgan fingerprint density at radius 1 is 1.05 bits per heavy atom. The van der Waals surface area contributed by atoms with Gasteiger partial charge < -0.3 is 5.73 Å². The van der Waals surface area contributed by atoms with Crippen molar-refractivity contribution < 1.29 is 0 Å². The minimum atomic E-state index is 0.0978. The van der Waals surface area contributed by atoms with E-state index in [1.807, 2.05) is 0 Å². The normalized spacial score (nSPS) is 40.3. The minimum absolute atomic E-state index is 0.0978. The molecule has 4 aliphatic rings. The third-order valence-electron chi connectivity index (χ3n) is 6.30. The summed E-state index contributed by atoms with van der Waals surface area (Å²) in [6.07, 6.45) is 7.31. The number of nitrogens with zero attached hydrogens (tertiary/aromatic N) is 2. The molecule has 3 heteroatoms. The molecular formula is C17H27N3. The molecule has 0 aromatic carbocycles. The average molecular weight is 273 g/mol. The summed E-state index contributed by atoms with van der Waals surface area (Å²) in [4.78, 5) is 0. The molecule has 0 amide bonds. The third-order valence-corrected chi connectivity index (χ3v) is 6.30. The average Bonchev–Trinajstić information content (AvgIpc) is 2.63. The predicted octanol–water partition coefficient (Wildman–Crippen LogP) is 3.52. The van der Waals surface area contributed by atoms with Gasteiger partial charge in [-0.25, -0.2) is 0 Å². The van der Waals surface area contributed by atoms with Gasteiger partial charge in [0, 0.05) is 17.3 Å². The molecule has 1 aromatic heterocycles. The SMILES string of the molecule is Cc1nn(C2C3CC4CC(C3)CC2C4)c(C)c1C(C)N. The maximum absolute atomic E-state index is 6.15. The first-order valence-corrected chi connectivity index (χ1v) is 8.35. The third kappa shape index (κ3) is 1.71. The smallest absolute Gasteiger partial charge is 0.0644 e. The highest BCUT2D eigenvalue weighted by molar-refractivity contribution is 5.28. The van der Waals surface area contributed by atoms with E-state index in [2.05, 4.69) is 25.5 Å². The lowest BCUT2D eigenvalue weighted by atomic mass is 9.54. The van der Waals surface area contributed by atoms with Crippen LogP contribution in [0.1, 0.15) is 68.1 Å². The Labute approximate surface area is 121 Å². The van der Waals surface area contributed by atoms with Gasteiger partial charge in [-0.3, -0.25) is 4.68 Å². The first-order valence-electron chi connectivity index (χ1n) is 8.35. The van der Waals surface area contributed by atoms with E-state index >= 15 is 0 Å². The molecule has 1 atom stereocenters. The number of hydrogen-bond donors (Lipinski definition) is 1. The molecule has 0 spiro atoms. The maximum Gasteiger partial charge on any atom is 0.0644 e. The summed E-state index contributed by atoms with van der Waals surface area (Å²) in [7, 11) is 0. The van der Waals surface area contributed by atoms with Gasteiger partial charge in [0.25, 0.3) is 0 Å². The zero-order chi connectivity index (χ0) is 14.0. The van der Waals surface area contributed by atoms with Gasteiger partial charge in [-0.2, -0.15) is 5.10 Å². The fourth-order valence-electron chi connectivity index (χ4n) is 5.92. The summed E-state index contributed by atoms with van der Waals surface area (Å²) in [6.45, 7) is 6.43. The van der Waals surface area contributed by atoms with Crippen LogP contribution >= 0.6 is 0 Å². The van der Waals surface area contributed by atoms with Crippen molar-refractivity contribution in [2.75, 3.05) is 0 Å². The fraction of sp³-hybridized carbons (Fsp3) is 0.824. The molecule has 4 bridgehead atoms. The van der Waals surface area contributed by atoms with Crippen LogP contribution in [-0.4, -0.2) is 9.78 Å². The molecule has 1 heterocycles. The number of aryl methyl sites for hydroxylation is 1. The molecule has 110 valence electrons. The van der Waals surface area contributed by atoms with Crippen molar-refractivity contribution in [2.24, 2.45) is 29.4 Å². The Kier molecular flexibility index (Phi) is 2.79. The van der Waals surface area contributed by atoms with Crippen LogP contribution in [0.3, 0.4) is 0 Å². The summed E-state index contributed by atoms with van der Waals surface area (Å²) in [5.74, 6) is 3.81. The van der Waals surface area contributed by atoms with Crippen LogP contribution in [0.25, 0.3) is 0 Å². The minimum Gasteiger partial charge on any atom is -0.324 e. The van der Waals surface area contributed by atoms with Crippen LogP contribution in [-0.2, 0) is 0 Å². The molecular weight excluding hydrogens is 246 g/mol. The van der Waals surface area contributed by atoms with Gasteiger partial charge in [-0.1, -0.05) is 0 Å². The van der Waals surface area contributed by atoms with Gasteiger partial charge in [0.2, 0.25) is 0 Å². The standard InChI is InChI=1S/C17H27N3/c1-9(18)16-10(2)19-20(11(16)3)17-14-5-12-4-13(7-14)8-15(17)6-12/h9,12-15,17H,4-8,18H2,1-3H3. The molecule has 0 radical (unpaired) electrons. The highest BCUT2D eigenvalue weighted by Gasteiger charge is 2.49. The summed E-state index contributed by atoms with van der Waals surface area (Å²) in [5, 5.41) is 4.91. The van der Waals surface area contributed by atoms with Crippen molar-refractivity contribution in [3.63, 3.8) is 0 Å². The zero-order valence-corrected chi connectivity index (χ0v) is 13.0. The van der Waals surface area contributed by atoms with Crippen molar-refractivity contribution in [2.45, 2.75) is 65.0 Å². The van der Waals surface area contributed by atoms with Crippen LogP contribution in [0, 0.1) is 37.5 Å². The number of rotatable bonds is 2. The van der Waals surface area contributed by atoms with Crippen molar-refractivity contribution >= 4 is 0 Å². The molecule has 1 unspecified atom stereocenters. The fourth-order valence-corrected chi connectivity index (χ4v) is 5.92. The zero-order valence-electron chi connectivity index (χ0n) is 13.0. The number of hydrogen-bond acceptors (Lipinski definition) is 2. The van der Waals surface area contributed by atoms with Crippen LogP contribution in [0.15, 0.2) is 0 Å². The van der Waals surface area contributed by atoms with Crippen LogP contribution < -0.4 is 5.73 Å². The summed E-state index contributed by atoms with van der Waals surface area (Å²) < 4.78 is 2.38. The van der Waals surface area contributed by atoms with Crippen molar-refractivity contribution in [1.29, 1.82) is 0 Å². The molecule has 4 saturated carbocycles. The van der Waals surface area contributed by atoms with E-state index in [9.17, 15) is 0 Å².